The van der Waals surface area contributed by atoms with Crippen molar-refractivity contribution < 1.29 is 0 Å². The first-order valence-electron chi connectivity index (χ1n) is 6.90. The van der Waals surface area contributed by atoms with Gasteiger partial charge in [0.05, 0.1) is 5.02 Å². The lowest BCUT2D eigenvalue weighted by Crippen LogP contribution is -2.47. The molecule has 2 rings (SSSR count). The molecule has 0 spiro atoms. The van der Waals surface area contributed by atoms with Crippen LogP contribution in [0, 0.1) is 11.3 Å². The topological polar surface area (TPSA) is 44.9 Å². The van der Waals surface area contributed by atoms with Crippen LogP contribution in [0.25, 0.3) is 0 Å². The molecule has 2 heterocycles. The van der Waals surface area contributed by atoms with E-state index in [1.54, 1.807) is 6.20 Å². The summed E-state index contributed by atoms with van der Waals surface area (Å²) in [6, 6.07) is 2.27. The number of aromatic amines is 1. The van der Waals surface area contributed by atoms with Crippen LogP contribution in [0.1, 0.15) is 45.6 Å². The molecule has 1 aromatic rings. The molecule has 0 aromatic carbocycles. The van der Waals surface area contributed by atoms with Gasteiger partial charge in [-0.3, -0.25) is 4.79 Å². The average Bonchev–Trinajstić information content (AvgIpc) is 2.30. The molecule has 3 nitrogen and oxygen atoms in total. The molecule has 3 atom stereocenters. The summed E-state index contributed by atoms with van der Waals surface area (Å²) in [5, 5.41) is 4.13. The zero-order chi connectivity index (χ0) is 14.2. The van der Waals surface area contributed by atoms with Crippen LogP contribution < -0.4 is 10.9 Å². The van der Waals surface area contributed by atoms with Gasteiger partial charge in [-0.15, -0.1) is 0 Å². The predicted molar refractivity (Wildman–Crippen MR) is 79.8 cm³/mol. The van der Waals surface area contributed by atoms with Crippen molar-refractivity contribution in [3.05, 3.63) is 33.2 Å². The highest BCUT2D eigenvalue weighted by atomic mass is 35.5. The standard InChI is InChI=1S/C15H23ClN2O/c1-9-5-11(13(8-17-9)15(2,3)4)12-6-10(16)7-18-14(12)19/h6-7,9,11,13,17H,5,8H2,1-4H3,(H,18,19). The number of rotatable bonds is 1. The van der Waals surface area contributed by atoms with E-state index in [9.17, 15) is 4.79 Å². The molecule has 106 valence electrons. The van der Waals surface area contributed by atoms with Crippen molar-refractivity contribution in [2.75, 3.05) is 6.54 Å². The molecule has 0 aliphatic carbocycles. The number of hydrogen-bond donors (Lipinski definition) is 2. The first-order chi connectivity index (χ1) is 8.79. The Labute approximate surface area is 119 Å². The molecule has 1 saturated heterocycles. The number of aromatic nitrogens is 1. The Morgan fingerprint density at radius 1 is 1.37 bits per heavy atom. The fraction of sp³-hybridized carbons (Fsp3) is 0.667. The fourth-order valence-corrected chi connectivity index (χ4v) is 3.27. The molecule has 1 fully saturated rings. The summed E-state index contributed by atoms with van der Waals surface area (Å²) < 4.78 is 0. The van der Waals surface area contributed by atoms with Gasteiger partial charge in [-0.05, 0) is 43.2 Å². The Kier molecular flexibility index (Phi) is 4.07. The zero-order valence-corrected chi connectivity index (χ0v) is 12.8. The number of pyridine rings is 1. The molecule has 0 bridgehead atoms. The van der Waals surface area contributed by atoms with Crippen LogP contribution in [-0.2, 0) is 0 Å². The van der Waals surface area contributed by atoms with Gasteiger partial charge < -0.3 is 10.3 Å². The van der Waals surface area contributed by atoms with Crippen molar-refractivity contribution in [2.45, 2.75) is 46.1 Å². The number of hydrogen-bond acceptors (Lipinski definition) is 2. The molecule has 3 unspecified atom stereocenters. The summed E-state index contributed by atoms with van der Waals surface area (Å²) in [5.41, 5.74) is 0.991. The summed E-state index contributed by atoms with van der Waals surface area (Å²) in [7, 11) is 0. The van der Waals surface area contributed by atoms with Gasteiger partial charge in [0.15, 0.2) is 0 Å². The average molecular weight is 283 g/mol. The maximum atomic E-state index is 12.1. The molecule has 1 aliphatic rings. The van der Waals surface area contributed by atoms with E-state index >= 15 is 0 Å². The zero-order valence-electron chi connectivity index (χ0n) is 12.1. The van der Waals surface area contributed by atoms with Crippen molar-refractivity contribution in [1.29, 1.82) is 0 Å². The van der Waals surface area contributed by atoms with Crippen molar-refractivity contribution in [3.8, 4) is 0 Å². The highest BCUT2D eigenvalue weighted by molar-refractivity contribution is 6.30. The van der Waals surface area contributed by atoms with Crippen LogP contribution in [0.4, 0.5) is 0 Å². The third-order valence-electron chi connectivity index (χ3n) is 4.19. The van der Waals surface area contributed by atoms with Crippen molar-refractivity contribution >= 4 is 11.6 Å². The van der Waals surface area contributed by atoms with E-state index in [2.05, 4.69) is 38.0 Å². The second kappa shape index (κ2) is 5.29. The minimum atomic E-state index is -0.00208. The third-order valence-corrected chi connectivity index (χ3v) is 4.41. The van der Waals surface area contributed by atoms with Gasteiger partial charge in [-0.1, -0.05) is 32.4 Å². The smallest absolute Gasteiger partial charge is 0.251 e. The van der Waals surface area contributed by atoms with Crippen molar-refractivity contribution in [1.82, 2.24) is 10.3 Å². The second-order valence-electron chi connectivity index (χ2n) is 6.73. The molecular formula is C15H23ClN2O. The molecule has 19 heavy (non-hydrogen) atoms. The van der Waals surface area contributed by atoms with Gasteiger partial charge in [-0.2, -0.15) is 0 Å². The Bertz CT molecular complexity index is 504. The van der Waals surface area contributed by atoms with E-state index in [0.717, 1.165) is 18.5 Å². The molecule has 0 radical (unpaired) electrons. The first kappa shape index (κ1) is 14.6. The minimum absolute atomic E-state index is 0.00208. The minimum Gasteiger partial charge on any atom is -0.327 e. The van der Waals surface area contributed by atoms with Gasteiger partial charge in [-0.25, -0.2) is 0 Å². The van der Waals surface area contributed by atoms with Crippen LogP contribution >= 0.6 is 11.6 Å². The maximum absolute atomic E-state index is 12.1. The number of halogens is 1. The van der Waals surface area contributed by atoms with Gasteiger partial charge in [0.2, 0.25) is 0 Å². The Morgan fingerprint density at radius 3 is 2.68 bits per heavy atom. The fourth-order valence-electron chi connectivity index (χ4n) is 3.10. The van der Waals surface area contributed by atoms with E-state index in [0.29, 0.717) is 17.0 Å². The number of H-pyrrole nitrogens is 1. The molecule has 4 heteroatoms. The molecule has 2 N–H and O–H groups in total. The van der Waals surface area contributed by atoms with Gasteiger partial charge in [0.1, 0.15) is 0 Å². The monoisotopic (exact) mass is 282 g/mol. The summed E-state index contributed by atoms with van der Waals surface area (Å²) in [6.07, 6.45) is 2.54. The predicted octanol–water partition coefficient (Wildman–Crippen LogP) is 3.16. The van der Waals surface area contributed by atoms with Crippen LogP contribution in [0.15, 0.2) is 17.1 Å². The van der Waals surface area contributed by atoms with Crippen LogP contribution in [0.5, 0.6) is 0 Å². The highest BCUT2D eigenvalue weighted by Crippen LogP contribution is 2.41. The Morgan fingerprint density at radius 2 is 2.05 bits per heavy atom. The van der Waals surface area contributed by atoms with E-state index in [-0.39, 0.29) is 16.9 Å². The van der Waals surface area contributed by atoms with Gasteiger partial charge >= 0.3 is 0 Å². The van der Waals surface area contributed by atoms with Crippen LogP contribution in [0.3, 0.4) is 0 Å². The third kappa shape index (κ3) is 3.21. The lowest BCUT2D eigenvalue weighted by Gasteiger charge is -2.43. The van der Waals surface area contributed by atoms with E-state index < -0.39 is 0 Å². The molecular weight excluding hydrogens is 260 g/mol. The van der Waals surface area contributed by atoms with Crippen molar-refractivity contribution in [3.63, 3.8) is 0 Å². The maximum Gasteiger partial charge on any atom is 0.251 e. The quantitative estimate of drug-likeness (QED) is 0.831. The molecule has 1 aromatic heterocycles. The molecule has 0 saturated carbocycles. The first-order valence-corrected chi connectivity index (χ1v) is 7.28. The summed E-state index contributed by atoms with van der Waals surface area (Å²) in [4.78, 5) is 14.9. The van der Waals surface area contributed by atoms with Crippen LogP contribution in [-0.4, -0.2) is 17.6 Å². The Hall–Kier alpha value is -0.800. The summed E-state index contributed by atoms with van der Waals surface area (Å²) in [5.74, 6) is 0.696. The lowest BCUT2D eigenvalue weighted by molar-refractivity contribution is 0.146. The number of piperidine rings is 1. The molecule has 1 aliphatic heterocycles. The van der Waals surface area contributed by atoms with E-state index in [1.807, 2.05) is 6.07 Å². The summed E-state index contributed by atoms with van der Waals surface area (Å²) >= 11 is 6.05. The van der Waals surface area contributed by atoms with Gasteiger partial charge in [0.25, 0.3) is 5.56 Å². The lowest BCUT2D eigenvalue weighted by atomic mass is 9.67. The van der Waals surface area contributed by atoms with Crippen LogP contribution in [0.2, 0.25) is 5.02 Å². The van der Waals surface area contributed by atoms with Gasteiger partial charge in [0, 0.05) is 17.8 Å². The molecule has 0 amide bonds. The van der Waals surface area contributed by atoms with E-state index in [1.165, 1.54) is 0 Å². The highest BCUT2D eigenvalue weighted by Gasteiger charge is 2.38. The second-order valence-corrected chi connectivity index (χ2v) is 7.16. The van der Waals surface area contributed by atoms with E-state index in [4.69, 9.17) is 11.6 Å². The van der Waals surface area contributed by atoms with Crippen molar-refractivity contribution in [2.24, 2.45) is 11.3 Å². The Balaban J connectivity index is 2.42. The largest absolute Gasteiger partial charge is 0.327 e. The summed E-state index contributed by atoms with van der Waals surface area (Å²) in [6.45, 7) is 9.83. The normalized spacial score (nSPS) is 28.4. The number of nitrogens with one attached hydrogen (secondary N) is 2. The SMILES string of the molecule is CC1CC(c2cc(Cl)c[nH]c2=O)C(C(C)(C)C)CN1.